The van der Waals surface area contributed by atoms with Gasteiger partial charge in [-0.2, -0.15) is 0 Å². The Kier molecular flexibility index (Phi) is 4.38. The van der Waals surface area contributed by atoms with Gasteiger partial charge in [-0.1, -0.05) is 18.2 Å². The number of piperidine rings is 1. The highest BCUT2D eigenvalue weighted by atomic mass is 16.3. The summed E-state index contributed by atoms with van der Waals surface area (Å²) in [4.78, 5) is 2.57. The molecule has 108 valence electrons. The number of nitrogens with zero attached hydrogens (tertiary/aromatic N) is 1. The van der Waals surface area contributed by atoms with Crippen LogP contribution in [0.4, 0.5) is 0 Å². The summed E-state index contributed by atoms with van der Waals surface area (Å²) < 4.78 is 5.88. The normalized spacial score (nSPS) is 17.9. The first kappa shape index (κ1) is 13.7. The zero-order valence-corrected chi connectivity index (χ0v) is 12.3. The van der Waals surface area contributed by atoms with Crippen molar-refractivity contribution in [3.8, 4) is 0 Å². The van der Waals surface area contributed by atoms with Crippen molar-refractivity contribution in [1.29, 1.82) is 0 Å². The van der Waals surface area contributed by atoms with E-state index in [1.54, 1.807) is 0 Å². The van der Waals surface area contributed by atoms with E-state index >= 15 is 0 Å². The van der Waals surface area contributed by atoms with E-state index in [2.05, 4.69) is 28.4 Å². The molecule has 0 radical (unpaired) electrons. The smallest absolute Gasteiger partial charge is 0.134 e. The van der Waals surface area contributed by atoms with Crippen molar-refractivity contribution < 1.29 is 4.42 Å². The molecular weight excluding hydrogens is 248 g/mol. The lowest BCUT2D eigenvalue weighted by Gasteiger charge is -2.31. The van der Waals surface area contributed by atoms with E-state index in [0.29, 0.717) is 0 Å². The first-order valence-electron chi connectivity index (χ1n) is 7.69. The lowest BCUT2D eigenvalue weighted by atomic mass is 9.97. The molecule has 1 saturated heterocycles. The minimum Gasteiger partial charge on any atom is -0.461 e. The Morgan fingerprint density at radius 1 is 1.25 bits per heavy atom. The van der Waals surface area contributed by atoms with Crippen LogP contribution in [0, 0.1) is 5.92 Å². The largest absolute Gasteiger partial charge is 0.461 e. The van der Waals surface area contributed by atoms with Gasteiger partial charge in [-0.3, -0.25) is 0 Å². The van der Waals surface area contributed by atoms with Crippen molar-refractivity contribution >= 4 is 11.0 Å². The predicted octanol–water partition coefficient (Wildman–Crippen LogP) is 2.91. The molecule has 3 rings (SSSR count). The number of hydrogen-bond acceptors (Lipinski definition) is 3. The van der Waals surface area contributed by atoms with E-state index < -0.39 is 0 Å². The van der Waals surface area contributed by atoms with Crippen LogP contribution >= 0.6 is 0 Å². The minimum atomic E-state index is 0.863. The van der Waals surface area contributed by atoms with Crippen LogP contribution in [0.2, 0.25) is 0 Å². The van der Waals surface area contributed by atoms with Gasteiger partial charge < -0.3 is 14.6 Å². The standard InChI is InChI=1S/C17H24N2O/c1-18-13-14-6-9-19(10-7-14)11-8-16-12-15-4-2-3-5-17(15)20-16/h2-5,12,14,18H,6-11,13H2,1H3. The van der Waals surface area contributed by atoms with E-state index in [0.717, 1.165) is 36.8 Å². The Morgan fingerprint density at radius 3 is 2.80 bits per heavy atom. The molecule has 1 aromatic heterocycles. The van der Waals surface area contributed by atoms with E-state index in [1.807, 2.05) is 19.2 Å². The van der Waals surface area contributed by atoms with Gasteiger partial charge in [0.2, 0.25) is 0 Å². The number of para-hydroxylation sites is 1. The van der Waals surface area contributed by atoms with Crippen LogP contribution in [-0.4, -0.2) is 38.1 Å². The molecule has 0 atom stereocenters. The summed E-state index contributed by atoms with van der Waals surface area (Å²) in [7, 11) is 2.05. The minimum absolute atomic E-state index is 0.863. The number of benzene rings is 1. The highest BCUT2D eigenvalue weighted by Gasteiger charge is 2.18. The van der Waals surface area contributed by atoms with Gasteiger partial charge in [-0.05, 0) is 57.6 Å². The first-order chi connectivity index (χ1) is 9.85. The molecule has 2 heterocycles. The van der Waals surface area contributed by atoms with Gasteiger partial charge in [0.25, 0.3) is 0 Å². The number of fused-ring (bicyclic) bond motifs is 1. The topological polar surface area (TPSA) is 28.4 Å². The number of furan rings is 1. The third-order valence-corrected chi connectivity index (χ3v) is 4.35. The van der Waals surface area contributed by atoms with Crippen LogP contribution in [0.1, 0.15) is 18.6 Å². The van der Waals surface area contributed by atoms with Gasteiger partial charge in [0.15, 0.2) is 0 Å². The SMILES string of the molecule is CNCC1CCN(CCc2cc3ccccc3o2)CC1. The van der Waals surface area contributed by atoms with Crippen LogP contribution < -0.4 is 5.32 Å². The molecule has 20 heavy (non-hydrogen) atoms. The number of nitrogens with one attached hydrogen (secondary N) is 1. The molecule has 0 aliphatic carbocycles. The van der Waals surface area contributed by atoms with E-state index in [-0.39, 0.29) is 0 Å². The molecule has 3 heteroatoms. The Bertz CT molecular complexity index is 508. The fourth-order valence-electron chi connectivity index (χ4n) is 3.13. The average molecular weight is 272 g/mol. The Morgan fingerprint density at radius 2 is 2.05 bits per heavy atom. The summed E-state index contributed by atoms with van der Waals surface area (Å²) in [6.45, 7) is 4.74. The van der Waals surface area contributed by atoms with Crippen molar-refractivity contribution in [3.63, 3.8) is 0 Å². The number of hydrogen-bond donors (Lipinski definition) is 1. The van der Waals surface area contributed by atoms with E-state index in [4.69, 9.17) is 4.42 Å². The molecule has 1 aromatic carbocycles. The maximum Gasteiger partial charge on any atom is 0.134 e. The second-order valence-electron chi connectivity index (χ2n) is 5.84. The van der Waals surface area contributed by atoms with Crippen molar-refractivity contribution in [3.05, 3.63) is 36.1 Å². The van der Waals surface area contributed by atoms with Gasteiger partial charge in [0.1, 0.15) is 11.3 Å². The maximum atomic E-state index is 5.88. The number of rotatable bonds is 5. The zero-order valence-electron chi connectivity index (χ0n) is 12.3. The number of likely N-dealkylation sites (tertiary alicyclic amines) is 1. The second-order valence-corrected chi connectivity index (χ2v) is 5.84. The summed E-state index contributed by atoms with van der Waals surface area (Å²) >= 11 is 0. The quantitative estimate of drug-likeness (QED) is 0.907. The van der Waals surface area contributed by atoms with Crippen molar-refractivity contribution in [2.75, 3.05) is 33.2 Å². The molecule has 2 aromatic rings. The summed E-state index contributed by atoms with van der Waals surface area (Å²) in [6, 6.07) is 10.4. The van der Waals surface area contributed by atoms with Crippen LogP contribution in [0.25, 0.3) is 11.0 Å². The fourth-order valence-corrected chi connectivity index (χ4v) is 3.13. The third kappa shape index (κ3) is 3.22. The molecule has 0 unspecified atom stereocenters. The molecular formula is C17H24N2O. The Labute approximate surface area is 120 Å². The molecule has 0 spiro atoms. The molecule has 0 bridgehead atoms. The Balaban J connectivity index is 1.50. The van der Waals surface area contributed by atoms with Gasteiger partial charge in [-0.25, -0.2) is 0 Å². The lowest BCUT2D eigenvalue weighted by Crippen LogP contribution is -2.37. The second kappa shape index (κ2) is 6.42. The third-order valence-electron chi connectivity index (χ3n) is 4.35. The molecule has 1 N–H and O–H groups in total. The van der Waals surface area contributed by atoms with Crippen molar-refractivity contribution in [1.82, 2.24) is 10.2 Å². The Hall–Kier alpha value is -1.32. The summed E-state index contributed by atoms with van der Waals surface area (Å²) in [6.07, 6.45) is 3.66. The molecule has 1 fully saturated rings. The summed E-state index contributed by atoms with van der Waals surface area (Å²) in [5, 5.41) is 4.51. The highest BCUT2D eigenvalue weighted by Crippen LogP contribution is 2.20. The van der Waals surface area contributed by atoms with Crippen molar-refractivity contribution in [2.24, 2.45) is 5.92 Å². The molecule has 1 aliphatic heterocycles. The molecule has 0 amide bonds. The van der Waals surface area contributed by atoms with Gasteiger partial charge in [0.05, 0.1) is 0 Å². The molecule has 0 saturated carbocycles. The highest BCUT2D eigenvalue weighted by molar-refractivity contribution is 5.77. The lowest BCUT2D eigenvalue weighted by molar-refractivity contribution is 0.183. The fraction of sp³-hybridized carbons (Fsp3) is 0.529. The van der Waals surface area contributed by atoms with Gasteiger partial charge in [-0.15, -0.1) is 0 Å². The van der Waals surface area contributed by atoms with Crippen LogP contribution in [-0.2, 0) is 6.42 Å². The molecule has 1 aliphatic rings. The molecule has 3 nitrogen and oxygen atoms in total. The predicted molar refractivity (Wildman–Crippen MR) is 83.0 cm³/mol. The summed E-state index contributed by atoms with van der Waals surface area (Å²) in [5.74, 6) is 1.98. The van der Waals surface area contributed by atoms with E-state index in [9.17, 15) is 0 Å². The summed E-state index contributed by atoms with van der Waals surface area (Å²) in [5.41, 5.74) is 1.01. The zero-order chi connectivity index (χ0) is 13.8. The first-order valence-corrected chi connectivity index (χ1v) is 7.69. The van der Waals surface area contributed by atoms with Gasteiger partial charge in [0, 0.05) is 18.4 Å². The average Bonchev–Trinajstić information content (AvgIpc) is 2.90. The van der Waals surface area contributed by atoms with Crippen LogP contribution in [0.3, 0.4) is 0 Å². The van der Waals surface area contributed by atoms with Gasteiger partial charge >= 0.3 is 0 Å². The van der Waals surface area contributed by atoms with E-state index in [1.165, 1.54) is 31.3 Å². The van der Waals surface area contributed by atoms with Crippen LogP contribution in [0.15, 0.2) is 34.7 Å². The monoisotopic (exact) mass is 272 g/mol. The maximum absolute atomic E-state index is 5.88. The van der Waals surface area contributed by atoms with Crippen molar-refractivity contribution in [2.45, 2.75) is 19.3 Å². The van der Waals surface area contributed by atoms with Crippen LogP contribution in [0.5, 0.6) is 0 Å².